The molecule has 1 unspecified atom stereocenters. The average Bonchev–Trinajstić information content (AvgIpc) is 3.31. The Labute approximate surface area is 182 Å². The van der Waals surface area contributed by atoms with E-state index < -0.39 is 18.0 Å². The molecule has 0 aliphatic carbocycles. The van der Waals surface area contributed by atoms with Crippen molar-refractivity contribution in [3.63, 3.8) is 0 Å². The monoisotopic (exact) mass is 439 g/mol. The Kier molecular flexibility index (Phi) is 5.83. The van der Waals surface area contributed by atoms with Gasteiger partial charge in [-0.2, -0.15) is 0 Å². The number of carbonyl (C=O) groups excluding carboxylic acids is 3. The maximum atomic E-state index is 13.2. The second-order valence-electron chi connectivity index (χ2n) is 6.78. The summed E-state index contributed by atoms with van der Waals surface area (Å²) in [6.45, 7) is 0.253. The third kappa shape index (κ3) is 4.22. The predicted molar refractivity (Wildman–Crippen MR) is 118 cm³/mol. The summed E-state index contributed by atoms with van der Waals surface area (Å²) >= 11 is 7.55. The highest BCUT2D eigenvalue weighted by molar-refractivity contribution is 7.09. The highest BCUT2D eigenvalue weighted by Crippen LogP contribution is 2.30. The Morgan fingerprint density at radius 3 is 2.53 bits per heavy atom. The smallest absolute Gasteiger partial charge is 0.326 e. The fourth-order valence-corrected chi connectivity index (χ4v) is 4.23. The van der Waals surface area contributed by atoms with Crippen molar-refractivity contribution in [2.45, 2.75) is 19.0 Å². The third-order valence-corrected chi connectivity index (χ3v) is 5.82. The van der Waals surface area contributed by atoms with Crippen molar-refractivity contribution < 1.29 is 14.4 Å². The fourth-order valence-electron chi connectivity index (χ4n) is 3.35. The molecule has 0 bridgehead atoms. The van der Waals surface area contributed by atoms with Gasteiger partial charge in [-0.3, -0.25) is 9.59 Å². The van der Waals surface area contributed by atoms with E-state index >= 15 is 0 Å². The summed E-state index contributed by atoms with van der Waals surface area (Å²) < 4.78 is 0. The summed E-state index contributed by atoms with van der Waals surface area (Å²) in [7, 11) is 0. The van der Waals surface area contributed by atoms with Gasteiger partial charge in [0.1, 0.15) is 6.04 Å². The maximum absolute atomic E-state index is 13.2. The average molecular weight is 440 g/mol. The van der Waals surface area contributed by atoms with Gasteiger partial charge < -0.3 is 10.2 Å². The SMILES string of the molecule is O=C(CC1C(=O)N(c2cccc(Cl)c2)C(=O)N1Cc1cccs1)Nc1ccccc1. The van der Waals surface area contributed by atoms with Gasteiger partial charge in [-0.15, -0.1) is 11.3 Å². The van der Waals surface area contributed by atoms with Crippen molar-refractivity contribution in [2.75, 3.05) is 10.2 Å². The van der Waals surface area contributed by atoms with Crippen molar-refractivity contribution in [3.8, 4) is 0 Å². The Morgan fingerprint density at radius 1 is 1.03 bits per heavy atom. The van der Waals surface area contributed by atoms with Crippen LogP contribution >= 0.6 is 22.9 Å². The van der Waals surface area contributed by atoms with E-state index in [1.165, 1.54) is 16.2 Å². The van der Waals surface area contributed by atoms with E-state index in [0.29, 0.717) is 16.4 Å². The minimum atomic E-state index is -0.901. The van der Waals surface area contributed by atoms with E-state index in [1.54, 1.807) is 36.4 Å². The van der Waals surface area contributed by atoms with Crippen LogP contribution in [0.3, 0.4) is 0 Å². The first kappa shape index (κ1) is 20.1. The topological polar surface area (TPSA) is 69.7 Å². The molecule has 1 N–H and O–H groups in total. The van der Waals surface area contributed by atoms with Crippen LogP contribution in [-0.4, -0.2) is 28.8 Å². The molecule has 1 aliphatic rings. The lowest BCUT2D eigenvalue weighted by molar-refractivity contribution is -0.124. The zero-order valence-corrected chi connectivity index (χ0v) is 17.4. The van der Waals surface area contributed by atoms with Crippen LogP contribution in [0, 0.1) is 0 Å². The van der Waals surface area contributed by atoms with E-state index in [4.69, 9.17) is 11.6 Å². The Hall–Kier alpha value is -3.16. The number of thiophene rings is 1. The lowest BCUT2D eigenvalue weighted by atomic mass is 10.1. The summed E-state index contributed by atoms with van der Waals surface area (Å²) in [6, 6.07) is 18.0. The van der Waals surface area contributed by atoms with E-state index in [1.807, 2.05) is 35.7 Å². The molecule has 0 radical (unpaired) electrons. The zero-order valence-electron chi connectivity index (χ0n) is 15.8. The first-order chi connectivity index (χ1) is 14.5. The van der Waals surface area contributed by atoms with Crippen LogP contribution in [-0.2, 0) is 16.1 Å². The van der Waals surface area contributed by atoms with Crippen LogP contribution in [0.2, 0.25) is 5.02 Å². The van der Waals surface area contributed by atoms with Gasteiger partial charge in [0.15, 0.2) is 0 Å². The van der Waals surface area contributed by atoms with Gasteiger partial charge in [-0.25, -0.2) is 9.69 Å². The number of benzene rings is 2. The molecule has 1 fully saturated rings. The summed E-state index contributed by atoms with van der Waals surface area (Å²) in [4.78, 5) is 42.5. The molecule has 3 aromatic rings. The molecule has 30 heavy (non-hydrogen) atoms. The third-order valence-electron chi connectivity index (χ3n) is 4.73. The molecule has 6 nitrogen and oxygen atoms in total. The summed E-state index contributed by atoms with van der Waals surface area (Å²) in [5.74, 6) is -0.779. The van der Waals surface area contributed by atoms with Crippen molar-refractivity contribution >= 4 is 52.2 Å². The minimum absolute atomic E-state index is 0.137. The maximum Gasteiger partial charge on any atom is 0.332 e. The van der Waals surface area contributed by atoms with Crippen molar-refractivity contribution in [2.24, 2.45) is 0 Å². The molecule has 4 amide bonds. The molecule has 8 heteroatoms. The largest absolute Gasteiger partial charge is 0.332 e. The molecule has 0 spiro atoms. The molecule has 2 aromatic carbocycles. The number of nitrogens with zero attached hydrogens (tertiary/aromatic N) is 2. The standard InChI is InChI=1S/C22H18ClN3O3S/c23-15-6-4-9-17(12-15)26-21(28)19(13-20(27)24-16-7-2-1-3-8-16)25(22(26)29)14-18-10-5-11-30-18/h1-12,19H,13-14H2,(H,24,27). The number of amides is 4. The molecule has 1 aliphatic heterocycles. The van der Waals surface area contributed by atoms with E-state index in [-0.39, 0.29) is 18.9 Å². The van der Waals surface area contributed by atoms with Gasteiger partial charge in [0.2, 0.25) is 5.91 Å². The van der Waals surface area contributed by atoms with Crippen molar-refractivity contribution in [1.82, 2.24) is 4.90 Å². The normalized spacial score (nSPS) is 16.2. The zero-order chi connectivity index (χ0) is 21.1. The predicted octanol–water partition coefficient (Wildman–Crippen LogP) is 4.77. The molecule has 1 saturated heterocycles. The summed E-state index contributed by atoms with van der Waals surface area (Å²) in [5.41, 5.74) is 1.02. The second-order valence-corrected chi connectivity index (χ2v) is 8.25. The van der Waals surface area contributed by atoms with E-state index in [9.17, 15) is 14.4 Å². The molecule has 2 heterocycles. The summed E-state index contributed by atoms with van der Waals surface area (Å²) in [6.07, 6.45) is -0.137. The highest BCUT2D eigenvalue weighted by Gasteiger charge is 2.46. The number of nitrogens with one attached hydrogen (secondary N) is 1. The minimum Gasteiger partial charge on any atom is -0.326 e. The molecular formula is C22H18ClN3O3S. The number of hydrogen-bond donors (Lipinski definition) is 1. The first-order valence-corrected chi connectivity index (χ1v) is 10.6. The number of urea groups is 1. The quantitative estimate of drug-likeness (QED) is 0.562. The number of halogens is 1. The van der Waals surface area contributed by atoms with Crippen molar-refractivity contribution in [1.29, 1.82) is 0 Å². The van der Waals surface area contributed by atoms with Gasteiger partial charge in [0, 0.05) is 15.6 Å². The van der Waals surface area contributed by atoms with Gasteiger partial charge >= 0.3 is 6.03 Å². The van der Waals surface area contributed by atoms with Crippen LogP contribution in [0.15, 0.2) is 72.1 Å². The second kappa shape index (κ2) is 8.69. The van der Waals surface area contributed by atoms with Gasteiger partial charge in [0.25, 0.3) is 5.91 Å². The number of anilines is 2. The molecule has 0 saturated carbocycles. The molecular weight excluding hydrogens is 422 g/mol. The van der Waals surface area contributed by atoms with Crippen molar-refractivity contribution in [3.05, 3.63) is 82.0 Å². The lowest BCUT2D eigenvalue weighted by Crippen LogP contribution is -2.37. The Morgan fingerprint density at radius 2 is 1.83 bits per heavy atom. The number of carbonyl (C=O) groups is 3. The Bertz CT molecular complexity index is 1070. The molecule has 1 aromatic heterocycles. The van der Waals surface area contributed by atoms with Gasteiger partial charge in [-0.05, 0) is 41.8 Å². The van der Waals surface area contributed by atoms with Crippen LogP contribution in [0.5, 0.6) is 0 Å². The number of hydrogen-bond acceptors (Lipinski definition) is 4. The van der Waals surface area contributed by atoms with E-state index in [0.717, 1.165) is 9.78 Å². The van der Waals surface area contributed by atoms with Gasteiger partial charge in [-0.1, -0.05) is 41.9 Å². The highest BCUT2D eigenvalue weighted by atomic mass is 35.5. The lowest BCUT2D eigenvalue weighted by Gasteiger charge is -2.21. The van der Waals surface area contributed by atoms with Crippen LogP contribution in [0.25, 0.3) is 0 Å². The summed E-state index contributed by atoms with van der Waals surface area (Å²) in [5, 5.41) is 5.11. The fraction of sp³-hybridized carbons (Fsp3) is 0.136. The van der Waals surface area contributed by atoms with E-state index in [2.05, 4.69) is 5.32 Å². The molecule has 4 rings (SSSR count). The van der Waals surface area contributed by atoms with Crippen LogP contribution < -0.4 is 10.2 Å². The Balaban J connectivity index is 1.60. The molecule has 152 valence electrons. The van der Waals surface area contributed by atoms with Crippen LogP contribution in [0.1, 0.15) is 11.3 Å². The van der Waals surface area contributed by atoms with Gasteiger partial charge in [0.05, 0.1) is 18.7 Å². The van der Waals surface area contributed by atoms with Crippen LogP contribution in [0.4, 0.5) is 16.2 Å². The number of para-hydroxylation sites is 1. The molecule has 1 atom stereocenters. The first-order valence-electron chi connectivity index (χ1n) is 9.30. The number of rotatable bonds is 6. The number of imide groups is 1.